The van der Waals surface area contributed by atoms with Gasteiger partial charge in [-0.15, -0.1) is 11.8 Å². The van der Waals surface area contributed by atoms with Crippen molar-refractivity contribution >= 4 is 17.8 Å². The normalized spacial score (nSPS) is 14.3. The third-order valence-corrected chi connectivity index (χ3v) is 4.48. The van der Waals surface area contributed by atoms with Gasteiger partial charge in [-0.3, -0.25) is 4.98 Å². The SMILES string of the molecule is C=Cc1cccc(-c2cc(C(C)(O)C(F)(F)F)ccn2)c1SC. The lowest BCUT2D eigenvalue weighted by atomic mass is 9.94. The molecule has 0 amide bonds. The summed E-state index contributed by atoms with van der Waals surface area (Å²) in [6, 6.07) is 7.90. The largest absolute Gasteiger partial charge is 0.421 e. The van der Waals surface area contributed by atoms with Gasteiger partial charge in [-0.05, 0) is 36.4 Å². The van der Waals surface area contributed by atoms with Crippen molar-refractivity contribution < 1.29 is 18.3 Å². The Labute approximate surface area is 137 Å². The molecule has 0 fully saturated rings. The van der Waals surface area contributed by atoms with Crippen molar-refractivity contribution in [1.29, 1.82) is 0 Å². The first kappa shape index (κ1) is 17.6. The molecular weight excluding hydrogens is 323 g/mol. The van der Waals surface area contributed by atoms with Crippen LogP contribution in [0.4, 0.5) is 13.2 Å². The Morgan fingerprint density at radius 2 is 1.96 bits per heavy atom. The van der Waals surface area contributed by atoms with Gasteiger partial charge in [0.25, 0.3) is 0 Å². The third-order valence-electron chi connectivity index (χ3n) is 3.62. The molecule has 0 aliphatic rings. The summed E-state index contributed by atoms with van der Waals surface area (Å²) in [7, 11) is 0. The van der Waals surface area contributed by atoms with Gasteiger partial charge >= 0.3 is 6.18 Å². The van der Waals surface area contributed by atoms with Gasteiger partial charge < -0.3 is 5.11 Å². The molecular formula is C17H16F3NOS. The lowest BCUT2D eigenvalue weighted by Crippen LogP contribution is -2.39. The first-order valence-electron chi connectivity index (χ1n) is 6.78. The molecule has 0 saturated carbocycles. The maximum atomic E-state index is 13.0. The van der Waals surface area contributed by atoms with E-state index >= 15 is 0 Å². The van der Waals surface area contributed by atoms with Crippen LogP contribution in [0.5, 0.6) is 0 Å². The molecule has 122 valence electrons. The molecule has 1 unspecified atom stereocenters. The fourth-order valence-electron chi connectivity index (χ4n) is 2.19. The summed E-state index contributed by atoms with van der Waals surface area (Å²) in [6.07, 6.45) is 0.0686. The van der Waals surface area contributed by atoms with Gasteiger partial charge in [-0.2, -0.15) is 13.2 Å². The minimum absolute atomic E-state index is 0.244. The lowest BCUT2D eigenvalue weighted by Gasteiger charge is -2.27. The van der Waals surface area contributed by atoms with Gasteiger partial charge in [0.1, 0.15) is 0 Å². The highest BCUT2D eigenvalue weighted by molar-refractivity contribution is 7.98. The quantitative estimate of drug-likeness (QED) is 0.806. The van der Waals surface area contributed by atoms with Crippen LogP contribution in [0.3, 0.4) is 0 Å². The highest BCUT2D eigenvalue weighted by atomic mass is 32.2. The van der Waals surface area contributed by atoms with Crippen LogP contribution in [-0.4, -0.2) is 22.5 Å². The number of aliphatic hydroxyl groups is 1. The van der Waals surface area contributed by atoms with E-state index in [1.54, 1.807) is 18.2 Å². The molecule has 0 radical (unpaired) electrons. The molecule has 2 aromatic rings. The van der Waals surface area contributed by atoms with E-state index in [1.165, 1.54) is 30.1 Å². The van der Waals surface area contributed by atoms with E-state index in [0.717, 1.165) is 17.4 Å². The Morgan fingerprint density at radius 1 is 1.26 bits per heavy atom. The van der Waals surface area contributed by atoms with Crippen molar-refractivity contribution in [2.45, 2.75) is 23.6 Å². The Bertz CT molecular complexity index is 726. The molecule has 1 aromatic carbocycles. The van der Waals surface area contributed by atoms with E-state index in [1.807, 2.05) is 12.3 Å². The van der Waals surface area contributed by atoms with Gasteiger partial charge in [0, 0.05) is 16.7 Å². The average Bonchev–Trinajstić information content (AvgIpc) is 2.53. The summed E-state index contributed by atoms with van der Waals surface area (Å²) < 4.78 is 39.1. The van der Waals surface area contributed by atoms with Crippen LogP contribution in [0.2, 0.25) is 0 Å². The van der Waals surface area contributed by atoms with Crippen molar-refractivity contribution in [2.75, 3.05) is 6.26 Å². The van der Waals surface area contributed by atoms with Crippen molar-refractivity contribution in [3.05, 3.63) is 54.2 Å². The topological polar surface area (TPSA) is 33.1 Å². The molecule has 0 bridgehead atoms. The fraction of sp³-hybridized carbons (Fsp3) is 0.235. The molecule has 2 nitrogen and oxygen atoms in total. The highest BCUT2D eigenvalue weighted by Gasteiger charge is 2.51. The molecule has 1 aromatic heterocycles. The van der Waals surface area contributed by atoms with Gasteiger partial charge in [0.05, 0.1) is 5.69 Å². The summed E-state index contributed by atoms with van der Waals surface area (Å²) in [5.41, 5.74) is -1.22. The molecule has 1 atom stereocenters. The van der Waals surface area contributed by atoms with E-state index in [0.29, 0.717) is 11.3 Å². The Morgan fingerprint density at radius 3 is 2.52 bits per heavy atom. The van der Waals surface area contributed by atoms with E-state index < -0.39 is 11.8 Å². The second kappa shape index (κ2) is 6.37. The average molecular weight is 339 g/mol. The molecule has 2 rings (SSSR count). The van der Waals surface area contributed by atoms with Gasteiger partial charge in [-0.1, -0.05) is 30.9 Å². The zero-order chi connectivity index (χ0) is 17.3. The first-order chi connectivity index (χ1) is 10.7. The Hall–Kier alpha value is -1.79. The smallest absolute Gasteiger partial charge is 0.376 e. The molecule has 0 saturated heterocycles. The maximum Gasteiger partial charge on any atom is 0.421 e. The Balaban J connectivity index is 2.60. The molecule has 0 spiro atoms. The highest BCUT2D eigenvalue weighted by Crippen LogP contribution is 2.40. The first-order valence-corrected chi connectivity index (χ1v) is 8.00. The summed E-state index contributed by atoms with van der Waals surface area (Å²) in [6.45, 7) is 4.48. The number of halogens is 3. The second-order valence-electron chi connectivity index (χ2n) is 5.13. The van der Waals surface area contributed by atoms with Crippen molar-refractivity contribution in [2.24, 2.45) is 0 Å². The number of benzene rings is 1. The van der Waals surface area contributed by atoms with Crippen LogP contribution in [0, 0.1) is 0 Å². The third kappa shape index (κ3) is 3.28. The van der Waals surface area contributed by atoms with E-state index in [9.17, 15) is 18.3 Å². The molecule has 23 heavy (non-hydrogen) atoms. The zero-order valence-electron chi connectivity index (χ0n) is 12.7. The minimum atomic E-state index is -4.77. The number of nitrogens with zero attached hydrogens (tertiary/aromatic N) is 1. The molecule has 1 N–H and O–H groups in total. The lowest BCUT2D eigenvalue weighted by molar-refractivity contribution is -0.258. The van der Waals surface area contributed by atoms with Crippen LogP contribution in [0.15, 0.2) is 48.0 Å². The summed E-state index contributed by atoms with van der Waals surface area (Å²) in [4.78, 5) is 5.04. The molecule has 0 aliphatic carbocycles. The summed E-state index contributed by atoms with van der Waals surface area (Å²) >= 11 is 1.46. The van der Waals surface area contributed by atoms with Crippen LogP contribution in [-0.2, 0) is 5.60 Å². The predicted octanol–water partition coefficient (Wildman–Crippen LogP) is 4.88. The van der Waals surface area contributed by atoms with Gasteiger partial charge in [0.2, 0.25) is 0 Å². The number of hydrogen-bond donors (Lipinski definition) is 1. The number of aromatic nitrogens is 1. The number of rotatable bonds is 4. The maximum absolute atomic E-state index is 13.0. The van der Waals surface area contributed by atoms with Gasteiger partial charge in [-0.25, -0.2) is 0 Å². The van der Waals surface area contributed by atoms with E-state index in [-0.39, 0.29) is 5.56 Å². The van der Waals surface area contributed by atoms with Crippen LogP contribution in [0.25, 0.3) is 17.3 Å². The standard InChI is InChI=1S/C17H16F3NOS/c1-4-11-6-5-7-13(15(11)23-3)14-10-12(8-9-21-14)16(2,22)17(18,19)20/h4-10,22H,1H2,2-3H3. The van der Waals surface area contributed by atoms with E-state index in [2.05, 4.69) is 11.6 Å². The van der Waals surface area contributed by atoms with Crippen molar-refractivity contribution in [1.82, 2.24) is 4.98 Å². The number of alkyl halides is 3. The van der Waals surface area contributed by atoms with Gasteiger partial charge in [0.15, 0.2) is 5.60 Å². The van der Waals surface area contributed by atoms with E-state index in [4.69, 9.17) is 0 Å². The van der Waals surface area contributed by atoms with Crippen molar-refractivity contribution in [3.8, 4) is 11.3 Å². The fourth-order valence-corrected chi connectivity index (χ4v) is 2.97. The van der Waals surface area contributed by atoms with Crippen LogP contribution in [0.1, 0.15) is 18.1 Å². The van der Waals surface area contributed by atoms with Crippen LogP contribution < -0.4 is 0 Å². The zero-order valence-corrected chi connectivity index (χ0v) is 13.5. The minimum Gasteiger partial charge on any atom is -0.376 e. The summed E-state index contributed by atoms with van der Waals surface area (Å²) in [5, 5.41) is 9.85. The monoisotopic (exact) mass is 339 g/mol. The molecule has 0 aliphatic heterocycles. The Kier molecular flexibility index (Phi) is 4.87. The summed E-state index contributed by atoms with van der Waals surface area (Å²) in [5.74, 6) is 0. The number of hydrogen-bond acceptors (Lipinski definition) is 3. The van der Waals surface area contributed by atoms with Crippen LogP contribution >= 0.6 is 11.8 Å². The second-order valence-corrected chi connectivity index (χ2v) is 5.95. The number of thioether (sulfide) groups is 1. The number of pyridine rings is 1. The van der Waals surface area contributed by atoms with Crippen molar-refractivity contribution in [3.63, 3.8) is 0 Å². The molecule has 1 heterocycles. The molecule has 6 heteroatoms. The predicted molar refractivity (Wildman–Crippen MR) is 87.2 cm³/mol.